The van der Waals surface area contributed by atoms with Gasteiger partial charge in [0.2, 0.25) is 5.91 Å². The van der Waals surface area contributed by atoms with E-state index in [1.165, 1.54) is 4.57 Å². The van der Waals surface area contributed by atoms with Gasteiger partial charge in [-0.25, -0.2) is 0 Å². The van der Waals surface area contributed by atoms with Crippen LogP contribution in [0.1, 0.15) is 32.7 Å². The van der Waals surface area contributed by atoms with Crippen molar-refractivity contribution in [2.75, 3.05) is 11.9 Å². The monoisotopic (exact) mass is 462 g/mol. The summed E-state index contributed by atoms with van der Waals surface area (Å²) < 4.78 is 1.25. The van der Waals surface area contributed by atoms with Crippen LogP contribution >= 0.6 is 11.6 Å². The van der Waals surface area contributed by atoms with Crippen LogP contribution in [-0.2, 0) is 17.8 Å². The van der Waals surface area contributed by atoms with Crippen molar-refractivity contribution in [1.82, 2.24) is 9.88 Å². The Morgan fingerprint density at radius 1 is 1.09 bits per heavy atom. The minimum atomic E-state index is -0.515. The van der Waals surface area contributed by atoms with E-state index < -0.39 is 11.5 Å². The lowest BCUT2D eigenvalue weighted by molar-refractivity contribution is -0.116. The Bertz CT molecular complexity index is 1290. The standard InChI is InChI=1S/C25H23ClN4O3/c1-16-13-17(2)30(25(33)21(16)14-27)15-23(31)29-22-6-4-3-5-20(22)24(32)28-12-11-18-7-9-19(26)10-8-18/h3-10,13H,11-12,15H2,1-2H3,(H,28,32)(H,29,31). The molecule has 1 aromatic heterocycles. The number of amides is 2. The second-order valence-corrected chi connectivity index (χ2v) is 8.01. The van der Waals surface area contributed by atoms with E-state index in [-0.39, 0.29) is 18.0 Å². The van der Waals surface area contributed by atoms with Gasteiger partial charge in [0.1, 0.15) is 18.2 Å². The SMILES string of the molecule is Cc1cc(C)n(CC(=O)Nc2ccccc2C(=O)NCCc2ccc(Cl)cc2)c(=O)c1C#N. The Balaban J connectivity index is 1.68. The molecule has 0 unspecified atom stereocenters. The van der Waals surface area contributed by atoms with Crippen LogP contribution < -0.4 is 16.2 Å². The number of hydrogen-bond donors (Lipinski definition) is 2. The van der Waals surface area contributed by atoms with Crippen molar-refractivity contribution in [2.24, 2.45) is 0 Å². The van der Waals surface area contributed by atoms with Gasteiger partial charge in [-0.15, -0.1) is 0 Å². The topological polar surface area (TPSA) is 104 Å². The molecule has 7 nitrogen and oxygen atoms in total. The number of nitriles is 1. The van der Waals surface area contributed by atoms with Crippen molar-refractivity contribution in [3.05, 3.63) is 97.9 Å². The Morgan fingerprint density at radius 2 is 1.79 bits per heavy atom. The molecule has 3 rings (SSSR count). The molecule has 0 aliphatic carbocycles. The Kier molecular flexibility index (Phi) is 7.65. The fourth-order valence-corrected chi connectivity index (χ4v) is 3.58. The molecule has 0 saturated carbocycles. The Hall–Kier alpha value is -3.89. The maximum Gasteiger partial charge on any atom is 0.269 e. The highest BCUT2D eigenvalue weighted by molar-refractivity contribution is 6.30. The molecule has 168 valence electrons. The number of carbonyl (C=O) groups is 2. The van der Waals surface area contributed by atoms with E-state index in [0.29, 0.717) is 40.5 Å². The van der Waals surface area contributed by atoms with Crippen LogP contribution in [-0.4, -0.2) is 22.9 Å². The number of anilines is 1. The first-order valence-corrected chi connectivity index (χ1v) is 10.7. The van der Waals surface area contributed by atoms with Gasteiger partial charge in [-0.05, 0) is 61.7 Å². The highest BCUT2D eigenvalue weighted by atomic mass is 35.5. The maximum atomic E-state index is 12.7. The summed E-state index contributed by atoms with van der Waals surface area (Å²) in [4.78, 5) is 37.9. The molecule has 0 radical (unpaired) electrons. The lowest BCUT2D eigenvalue weighted by Gasteiger charge is -2.14. The number of nitrogens with one attached hydrogen (secondary N) is 2. The fourth-order valence-electron chi connectivity index (χ4n) is 3.45. The molecule has 0 bridgehead atoms. The van der Waals surface area contributed by atoms with Gasteiger partial charge in [-0.3, -0.25) is 14.4 Å². The third-order valence-corrected chi connectivity index (χ3v) is 5.43. The summed E-state index contributed by atoms with van der Waals surface area (Å²) in [5.41, 5.74) is 2.32. The number of para-hydroxylation sites is 1. The number of nitrogens with zero attached hydrogens (tertiary/aromatic N) is 2. The third kappa shape index (κ3) is 5.88. The first-order chi connectivity index (χ1) is 15.8. The van der Waals surface area contributed by atoms with Crippen LogP contribution in [0.2, 0.25) is 5.02 Å². The zero-order valence-electron chi connectivity index (χ0n) is 18.3. The van der Waals surface area contributed by atoms with E-state index in [1.807, 2.05) is 18.2 Å². The van der Waals surface area contributed by atoms with Gasteiger partial charge >= 0.3 is 0 Å². The van der Waals surface area contributed by atoms with Gasteiger partial charge < -0.3 is 15.2 Å². The molecule has 2 N–H and O–H groups in total. The number of pyridine rings is 1. The van der Waals surface area contributed by atoms with Gasteiger partial charge in [-0.1, -0.05) is 35.9 Å². The molecule has 1 heterocycles. The molecule has 8 heteroatoms. The summed E-state index contributed by atoms with van der Waals surface area (Å²) in [7, 11) is 0. The van der Waals surface area contributed by atoms with Crippen molar-refractivity contribution in [2.45, 2.75) is 26.8 Å². The summed E-state index contributed by atoms with van der Waals surface area (Å²) in [6.07, 6.45) is 0.633. The molecule has 0 atom stereocenters. The van der Waals surface area contributed by atoms with Crippen molar-refractivity contribution in [3.63, 3.8) is 0 Å². The van der Waals surface area contributed by atoms with E-state index in [2.05, 4.69) is 10.6 Å². The van der Waals surface area contributed by atoms with Crippen LogP contribution in [0.25, 0.3) is 0 Å². The number of aromatic nitrogens is 1. The highest BCUT2D eigenvalue weighted by Gasteiger charge is 2.16. The Labute approximate surface area is 196 Å². The minimum Gasteiger partial charge on any atom is -0.352 e. The predicted molar refractivity (Wildman–Crippen MR) is 127 cm³/mol. The van der Waals surface area contributed by atoms with Crippen LogP contribution in [0.15, 0.2) is 59.4 Å². The number of aryl methyl sites for hydroxylation is 2. The van der Waals surface area contributed by atoms with E-state index in [4.69, 9.17) is 11.6 Å². The number of benzene rings is 2. The molecule has 0 spiro atoms. The average Bonchev–Trinajstić information content (AvgIpc) is 2.78. The van der Waals surface area contributed by atoms with Crippen LogP contribution in [0.5, 0.6) is 0 Å². The molecule has 2 amide bonds. The van der Waals surface area contributed by atoms with E-state index in [0.717, 1.165) is 5.56 Å². The highest BCUT2D eigenvalue weighted by Crippen LogP contribution is 2.16. The molecule has 3 aromatic rings. The van der Waals surface area contributed by atoms with E-state index in [9.17, 15) is 19.6 Å². The zero-order chi connectivity index (χ0) is 24.0. The molecule has 0 saturated heterocycles. The fraction of sp³-hybridized carbons (Fsp3) is 0.200. The van der Waals surface area contributed by atoms with Crippen molar-refractivity contribution < 1.29 is 9.59 Å². The Morgan fingerprint density at radius 3 is 2.48 bits per heavy atom. The van der Waals surface area contributed by atoms with Gasteiger partial charge in [0.15, 0.2) is 0 Å². The van der Waals surface area contributed by atoms with Crippen LogP contribution in [0.3, 0.4) is 0 Å². The summed E-state index contributed by atoms with van der Waals surface area (Å²) >= 11 is 5.89. The normalized spacial score (nSPS) is 10.4. The first kappa shape index (κ1) is 23.8. The van der Waals surface area contributed by atoms with Crippen molar-refractivity contribution in [1.29, 1.82) is 5.26 Å². The second-order valence-electron chi connectivity index (χ2n) is 7.57. The third-order valence-electron chi connectivity index (χ3n) is 5.18. The molecule has 0 aliphatic heterocycles. The van der Waals surface area contributed by atoms with E-state index in [1.54, 1.807) is 56.3 Å². The van der Waals surface area contributed by atoms with Crippen molar-refractivity contribution >= 4 is 29.1 Å². The number of halogens is 1. The van der Waals surface area contributed by atoms with Crippen molar-refractivity contribution in [3.8, 4) is 6.07 Å². The molecule has 0 fully saturated rings. The van der Waals surface area contributed by atoms with Gasteiger partial charge in [0, 0.05) is 17.3 Å². The van der Waals surface area contributed by atoms with Gasteiger partial charge in [0.05, 0.1) is 11.3 Å². The first-order valence-electron chi connectivity index (χ1n) is 10.3. The number of hydrogen-bond acceptors (Lipinski definition) is 4. The van der Waals surface area contributed by atoms with E-state index >= 15 is 0 Å². The minimum absolute atomic E-state index is 0.00821. The predicted octanol–water partition coefficient (Wildman–Crippen LogP) is 3.60. The number of carbonyl (C=O) groups excluding carboxylic acids is 2. The molecular formula is C25H23ClN4O3. The zero-order valence-corrected chi connectivity index (χ0v) is 19.1. The van der Waals surface area contributed by atoms with Gasteiger partial charge in [-0.2, -0.15) is 5.26 Å². The molecule has 33 heavy (non-hydrogen) atoms. The maximum absolute atomic E-state index is 12.7. The van der Waals surface area contributed by atoms with Crippen LogP contribution in [0, 0.1) is 25.2 Å². The smallest absolute Gasteiger partial charge is 0.269 e. The summed E-state index contributed by atoms with van der Waals surface area (Å²) in [5.74, 6) is -0.801. The average molecular weight is 463 g/mol. The summed E-state index contributed by atoms with van der Waals surface area (Å²) in [6, 6.07) is 17.6. The number of rotatable bonds is 7. The second kappa shape index (κ2) is 10.6. The lowest BCUT2D eigenvalue weighted by Crippen LogP contribution is -2.32. The largest absolute Gasteiger partial charge is 0.352 e. The van der Waals surface area contributed by atoms with Gasteiger partial charge in [0.25, 0.3) is 11.5 Å². The lowest BCUT2D eigenvalue weighted by atomic mass is 10.1. The molecule has 0 aliphatic rings. The molecular weight excluding hydrogens is 440 g/mol. The molecule has 2 aromatic carbocycles. The quantitative estimate of drug-likeness (QED) is 0.559. The van der Waals surface area contributed by atoms with Crippen LogP contribution in [0.4, 0.5) is 5.69 Å². The summed E-state index contributed by atoms with van der Waals surface area (Å²) in [6.45, 7) is 3.52. The summed E-state index contributed by atoms with van der Waals surface area (Å²) in [5, 5.41) is 15.4.